The Labute approximate surface area is 108 Å². The van der Waals surface area contributed by atoms with Crippen LogP contribution in [-0.4, -0.2) is 31.9 Å². The van der Waals surface area contributed by atoms with Crippen LogP contribution in [0.5, 0.6) is 0 Å². The first-order chi connectivity index (χ1) is 8.47. The molecule has 7 nitrogen and oxygen atoms in total. The average molecular weight is 288 g/mol. The molecule has 0 aliphatic heterocycles. The fourth-order valence-electron chi connectivity index (χ4n) is 1.33. The van der Waals surface area contributed by atoms with Crippen molar-refractivity contribution >= 4 is 44.7 Å². The van der Waals surface area contributed by atoms with Gasteiger partial charge in [0.25, 0.3) is 0 Å². The van der Waals surface area contributed by atoms with Crippen LogP contribution >= 0.6 is 11.3 Å². The molecule has 96 valence electrons. The lowest BCUT2D eigenvalue weighted by atomic mass is 10.3. The zero-order chi connectivity index (χ0) is 13.3. The number of carboxylic acid groups (broad SMARTS) is 1. The van der Waals surface area contributed by atoms with Gasteiger partial charge >= 0.3 is 17.3 Å². The molecule has 0 aliphatic rings. The minimum Gasteiger partial charge on any atom is -0.477 e. The van der Waals surface area contributed by atoms with E-state index in [9.17, 15) is 9.00 Å². The van der Waals surface area contributed by atoms with Crippen molar-refractivity contribution in [3.05, 3.63) is 23.1 Å². The first kappa shape index (κ1) is 12.9. The summed E-state index contributed by atoms with van der Waals surface area (Å²) in [6.07, 6.45) is 0. The monoisotopic (exact) mass is 288 g/mol. The van der Waals surface area contributed by atoms with Gasteiger partial charge in [-0.1, -0.05) is 0 Å². The maximum Gasteiger partial charge on any atom is 0.345 e. The van der Waals surface area contributed by atoms with E-state index >= 15 is 0 Å². The lowest BCUT2D eigenvalue weighted by Gasteiger charge is -2.13. The number of rotatable bonds is 4. The third-order valence-corrected chi connectivity index (χ3v) is 3.50. The molecule has 0 radical (unpaired) electrons. The molecule has 2 aromatic heterocycles. The van der Waals surface area contributed by atoms with Crippen LogP contribution in [0.25, 0.3) is 10.2 Å². The zero-order valence-corrected chi connectivity index (χ0v) is 10.7. The van der Waals surface area contributed by atoms with Crippen molar-refractivity contribution in [1.29, 1.82) is 0 Å². The average Bonchev–Trinajstić information content (AvgIpc) is 2.70. The van der Waals surface area contributed by atoms with Crippen LogP contribution in [0.1, 0.15) is 9.67 Å². The number of fused-ring (bicyclic) bond motifs is 1. The Morgan fingerprint density at radius 1 is 1.56 bits per heavy atom. The Bertz CT molecular complexity index is 626. The Morgan fingerprint density at radius 2 is 2.28 bits per heavy atom. The van der Waals surface area contributed by atoms with Crippen molar-refractivity contribution in [3.63, 3.8) is 0 Å². The highest BCUT2D eigenvalue weighted by Gasteiger charge is 2.12. The molecule has 0 aromatic carbocycles. The van der Waals surface area contributed by atoms with Crippen molar-refractivity contribution in [2.45, 2.75) is 0 Å². The normalized spacial score (nSPS) is 12.6. The van der Waals surface area contributed by atoms with Gasteiger partial charge in [0.2, 0.25) is 0 Å². The summed E-state index contributed by atoms with van der Waals surface area (Å²) in [5.74, 6) is -0.708. The summed E-state index contributed by atoms with van der Waals surface area (Å²) in [5.41, 5.74) is 0.495. The van der Waals surface area contributed by atoms with Gasteiger partial charge in [-0.2, -0.15) is 4.21 Å². The van der Waals surface area contributed by atoms with Gasteiger partial charge in [0.1, 0.15) is 4.88 Å². The van der Waals surface area contributed by atoms with Gasteiger partial charge in [0.15, 0.2) is 5.82 Å². The van der Waals surface area contributed by atoms with Gasteiger partial charge in [-0.05, 0) is 18.2 Å². The summed E-state index contributed by atoms with van der Waals surface area (Å²) in [4.78, 5) is 15.1. The van der Waals surface area contributed by atoms with E-state index in [2.05, 4.69) is 9.27 Å². The van der Waals surface area contributed by atoms with E-state index in [0.29, 0.717) is 11.3 Å². The lowest BCUT2D eigenvalue weighted by Crippen LogP contribution is -2.19. The van der Waals surface area contributed by atoms with Crippen LogP contribution < -0.4 is 5.06 Å². The molecular weight excluding hydrogens is 280 g/mol. The van der Waals surface area contributed by atoms with Crippen molar-refractivity contribution in [1.82, 2.24) is 4.98 Å². The summed E-state index contributed by atoms with van der Waals surface area (Å²) in [6.45, 7) is 0. The molecular formula is C9H8N2O5S2. The van der Waals surface area contributed by atoms with Gasteiger partial charge in [-0.15, -0.1) is 15.6 Å². The van der Waals surface area contributed by atoms with E-state index < -0.39 is 17.3 Å². The zero-order valence-electron chi connectivity index (χ0n) is 9.06. The third kappa shape index (κ3) is 2.64. The van der Waals surface area contributed by atoms with Crippen molar-refractivity contribution in [2.75, 3.05) is 12.1 Å². The summed E-state index contributed by atoms with van der Waals surface area (Å²) in [5, 5.41) is 9.89. The molecule has 2 N–H and O–H groups in total. The molecule has 0 spiro atoms. The highest BCUT2D eigenvalue weighted by atomic mass is 32.2. The Kier molecular flexibility index (Phi) is 3.57. The number of hydrogen-bond acceptors (Lipinski definition) is 6. The number of thiophene rings is 1. The van der Waals surface area contributed by atoms with E-state index in [1.807, 2.05) is 0 Å². The molecule has 1 atom stereocenters. The van der Waals surface area contributed by atoms with Gasteiger partial charge in [0.05, 0.1) is 10.2 Å². The number of carbonyl (C=O) groups is 1. The van der Waals surface area contributed by atoms with Crippen LogP contribution in [0, 0.1) is 0 Å². The van der Waals surface area contributed by atoms with Crippen LogP contribution in [-0.2, 0) is 15.6 Å². The summed E-state index contributed by atoms with van der Waals surface area (Å²) < 4.78 is 24.3. The van der Waals surface area contributed by atoms with Gasteiger partial charge < -0.3 is 5.11 Å². The SMILES string of the molecule is CN(OS(=O)O)c1ccc2sc(C(=O)O)cc2n1. The van der Waals surface area contributed by atoms with Gasteiger partial charge in [-0.25, -0.2) is 14.8 Å². The topological polar surface area (TPSA) is 100.0 Å². The number of nitrogens with zero attached hydrogens (tertiary/aromatic N) is 2. The second kappa shape index (κ2) is 4.98. The molecule has 0 amide bonds. The molecule has 9 heteroatoms. The van der Waals surface area contributed by atoms with E-state index in [1.165, 1.54) is 13.1 Å². The van der Waals surface area contributed by atoms with Crippen molar-refractivity contribution in [2.24, 2.45) is 0 Å². The predicted octanol–water partition coefficient (Wildman–Crippen LogP) is 1.50. The number of aromatic nitrogens is 1. The minimum atomic E-state index is -2.44. The molecule has 2 heterocycles. The third-order valence-electron chi connectivity index (χ3n) is 2.07. The quantitative estimate of drug-likeness (QED) is 0.649. The molecule has 0 aliphatic carbocycles. The highest BCUT2D eigenvalue weighted by molar-refractivity contribution is 7.74. The second-order valence-corrected chi connectivity index (χ2v) is 4.92. The molecule has 0 bridgehead atoms. The van der Waals surface area contributed by atoms with Gasteiger partial charge in [-0.3, -0.25) is 4.55 Å². The fraction of sp³-hybridized carbons (Fsp3) is 0.111. The van der Waals surface area contributed by atoms with Crippen molar-refractivity contribution in [3.8, 4) is 0 Å². The number of pyridine rings is 1. The molecule has 0 saturated heterocycles. The Morgan fingerprint density at radius 3 is 2.89 bits per heavy atom. The van der Waals surface area contributed by atoms with E-state index in [1.54, 1.807) is 12.1 Å². The van der Waals surface area contributed by atoms with Crippen LogP contribution in [0.15, 0.2) is 18.2 Å². The summed E-state index contributed by atoms with van der Waals surface area (Å²) in [6, 6.07) is 4.68. The van der Waals surface area contributed by atoms with E-state index in [0.717, 1.165) is 21.1 Å². The predicted molar refractivity (Wildman–Crippen MR) is 66.8 cm³/mol. The minimum absolute atomic E-state index is 0.184. The smallest absolute Gasteiger partial charge is 0.345 e. The largest absolute Gasteiger partial charge is 0.477 e. The van der Waals surface area contributed by atoms with Gasteiger partial charge in [0, 0.05) is 7.05 Å². The molecule has 1 unspecified atom stereocenters. The Balaban J connectivity index is 2.37. The number of aromatic carboxylic acids is 1. The molecule has 0 saturated carbocycles. The summed E-state index contributed by atoms with van der Waals surface area (Å²) >= 11 is -1.33. The van der Waals surface area contributed by atoms with E-state index in [4.69, 9.17) is 9.66 Å². The lowest BCUT2D eigenvalue weighted by molar-refractivity contribution is 0.0702. The van der Waals surface area contributed by atoms with Crippen LogP contribution in [0.4, 0.5) is 5.82 Å². The first-order valence-corrected chi connectivity index (χ1v) is 6.49. The fourth-order valence-corrected chi connectivity index (χ4v) is 2.44. The first-order valence-electron chi connectivity index (χ1n) is 4.64. The number of anilines is 1. The standard InChI is InChI=1S/C9H8N2O5S2/c1-11(16-18(14)15)8-3-2-6-5(10-8)4-7(17-6)9(12)13/h2-4H,1H3,(H,12,13)(H,14,15). The Hall–Kier alpha value is -1.55. The van der Waals surface area contributed by atoms with E-state index in [-0.39, 0.29) is 4.88 Å². The van der Waals surface area contributed by atoms with Crippen LogP contribution in [0.2, 0.25) is 0 Å². The second-order valence-electron chi connectivity index (χ2n) is 3.26. The molecule has 18 heavy (non-hydrogen) atoms. The maximum absolute atomic E-state index is 10.8. The number of hydroxylamine groups is 1. The van der Waals surface area contributed by atoms with Crippen molar-refractivity contribution < 1.29 is 22.9 Å². The number of hydrogen-bond donors (Lipinski definition) is 2. The molecule has 2 aromatic rings. The number of carboxylic acids is 1. The summed E-state index contributed by atoms with van der Waals surface area (Å²) in [7, 11) is 1.42. The molecule has 2 rings (SSSR count). The molecule has 0 fully saturated rings. The highest BCUT2D eigenvalue weighted by Crippen LogP contribution is 2.26. The van der Waals surface area contributed by atoms with Crippen LogP contribution in [0.3, 0.4) is 0 Å². The maximum atomic E-state index is 10.8.